The number of hydrogen-bond donors (Lipinski definition) is 1. The molecule has 0 saturated carbocycles. The van der Waals surface area contributed by atoms with Gasteiger partial charge in [0.25, 0.3) is 5.91 Å². The number of rotatable bonds is 6. The number of nitrogens with one attached hydrogen (secondary N) is 1. The molecule has 138 valence electrons. The topological polar surface area (TPSA) is 58.1 Å². The Labute approximate surface area is 159 Å². The van der Waals surface area contributed by atoms with Crippen LogP contribution < -0.4 is 5.32 Å². The van der Waals surface area contributed by atoms with E-state index in [9.17, 15) is 4.79 Å². The molecule has 0 aliphatic carbocycles. The van der Waals surface area contributed by atoms with Crippen molar-refractivity contribution < 1.29 is 4.79 Å². The number of anilines is 1. The van der Waals surface area contributed by atoms with Gasteiger partial charge in [-0.3, -0.25) is 4.79 Å². The summed E-state index contributed by atoms with van der Waals surface area (Å²) in [6, 6.07) is 11.2. The molecule has 1 amide bonds. The van der Waals surface area contributed by atoms with Gasteiger partial charge in [0.05, 0.1) is 0 Å². The van der Waals surface area contributed by atoms with Crippen molar-refractivity contribution in [1.82, 2.24) is 15.1 Å². The lowest BCUT2D eigenvalue weighted by molar-refractivity contribution is 0.102. The Bertz CT molecular complexity index is 695. The number of likely N-dealkylation sites (tertiary alicyclic amines) is 1. The molecule has 1 N–H and O–H groups in total. The summed E-state index contributed by atoms with van der Waals surface area (Å²) in [6.45, 7) is 5.53. The Morgan fingerprint density at radius 1 is 1.04 bits per heavy atom. The Hall–Kier alpha value is -1.92. The number of benzene rings is 1. The first-order chi connectivity index (χ1) is 12.7. The highest BCUT2D eigenvalue weighted by Gasteiger charge is 2.10. The van der Waals surface area contributed by atoms with Crippen molar-refractivity contribution in [2.75, 3.05) is 30.7 Å². The van der Waals surface area contributed by atoms with Crippen molar-refractivity contribution in [3.8, 4) is 0 Å². The summed E-state index contributed by atoms with van der Waals surface area (Å²) in [5.41, 5.74) is 1.75. The van der Waals surface area contributed by atoms with E-state index in [4.69, 9.17) is 0 Å². The summed E-state index contributed by atoms with van der Waals surface area (Å²) in [5, 5.41) is 12.0. The zero-order valence-electron chi connectivity index (χ0n) is 15.3. The molecule has 2 heterocycles. The quantitative estimate of drug-likeness (QED) is 0.779. The third-order valence-corrected chi connectivity index (χ3v) is 5.45. The van der Waals surface area contributed by atoms with Gasteiger partial charge in [0.1, 0.15) is 5.03 Å². The molecule has 2 aromatic rings. The van der Waals surface area contributed by atoms with E-state index < -0.39 is 0 Å². The molecule has 1 fully saturated rings. The summed E-state index contributed by atoms with van der Waals surface area (Å²) < 4.78 is 0. The normalized spacial score (nSPS) is 15.4. The van der Waals surface area contributed by atoms with Crippen LogP contribution in [0.2, 0.25) is 0 Å². The van der Waals surface area contributed by atoms with Gasteiger partial charge in [0, 0.05) is 17.9 Å². The lowest BCUT2D eigenvalue weighted by atomic mass is 10.1. The Morgan fingerprint density at radius 3 is 2.42 bits per heavy atom. The molecular formula is C20H26N4OS. The lowest BCUT2D eigenvalue weighted by Gasteiger charge is -2.18. The van der Waals surface area contributed by atoms with Crippen LogP contribution in [0, 0.1) is 6.92 Å². The molecule has 6 heteroatoms. The zero-order chi connectivity index (χ0) is 18.2. The molecule has 5 nitrogen and oxygen atoms in total. The molecule has 1 aliphatic heterocycles. The van der Waals surface area contributed by atoms with Crippen molar-refractivity contribution in [2.24, 2.45) is 0 Å². The van der Waals surface area contributed by atoms with Crippen molar-refractivity contribution >= 4 is 23.5 Å². The highest BCUT2D eigenvalue weighted by Crippen LogP contribution is 2.17. The molecule has 0 spiro atoms. The Balaban J connectivity index is 1.45. The van der Waals surface area contributed by atoms with Gasteiger partial charge < -0.3 is 10.2 Å². The van der Waals surface area contributed by atoms with Gasteiger partial charge in [0.15, 0.2) is 5.82 Å². The van der Waals surface area contributed by atoms with Crippen LogP contribution in [0.25, 0.3) is 0 Å². The molecule has 1 aromatic carbocycles. The average Bonchev–Trinajstić information content (AvgIpc) is 2.92. The second kappa shape index (κ2) is 9.69. The van der Waals surface area contributed by atoms with E-state index in [0.29, 0.717) is 11.4 Å². The van der Waals surface area contributed by atoms with Crippen LogP contribution in [0.1, 0.15) is 41.6 Å². The van der Waals surface area contributed by atoms with Crippen LogP contribution in [0.4, 0.5) is 5.82 Å². The lowest BCUT2D eigenvalue weighted by Crippen LogP contribution is -2.27. The predicted octanol–water partition coefficient (Wildman–Crippen LogP) is 4.01. The van der Waals surface area contributed by atoms with E-state index in [1.54, 1.807) is 11.8 Å². The van der Waals surface area contributed by atoms with Crippen LogP contribution in [0.5, 0.6) is 0 Å². The van der Waals surface area contributed by atoms with Crippen LogP contribution >= 0.6 is 11.8 Å². The number of aryl methyl sites for hydroxylation is 1. The molecule has 0 radical (unpaired) electrons. The number of thioether (sulfide) groups is 1. The summed E-state index contributed by atoms with van der Waals surface area (Å²) in [7, 11) is 0. The Morgan fingerprint density at radius 2 is 1.77 bits per heavy atom. The number of amides is 1. The summed E-state index contributed by atoms with van der Waals surface area (Å²) in [5.74, 6) is 1.33. The number of hydrogen-bond acceptors (Lipinski definition) is 5. The minimum atomic E-state index is -0.166. The fraction of sp³-hybridized carbons (Fsp3) is 0.450. The number of nitrogens with zero attached hydrogens (tertiary/aromatic N) is 3. The Kier molecular flexibility index (Phi) is 7.03. The fourth-order valence-electron chi connectivity index (χ4n) is 3.00. The van der Waals surface area contributed by atoms with Crippen molar-refractivity contribution in [3.63, 3.8) is 0 Å². The SMILES string of the molecule is Cc1ccc(C(=O)Nc2ccc(SCCN3CCCCCC3)nn2)cc1. The van der Waals surface area contributed by atoms with E-state index in [-0.39, 0.29) is 5.91 Å². The van der Waals surface area contributed by atoms with Crippen molar-refractivity contribution in [1.29, 1.82) is 0 Å². The largest absolute Gasteiger partial charge is 0.305 e. The molecule has 1 aliphatic rings. The molecule has 0 unspecified atom stereocenters. The standard InChI is InChI=1S/C20H26N4OS/c1-16-6-8-17(9-7-16)20(25)21-18-10-11-19(23-22-18)26-15-14-24-12-4-2-3-5-13-24/h6-11H,2-5,12-15H2,1H3,(H,21,22,25). The third kappa shape index (κ3) is 5.81. The molecule has 0 atom stereocenters. The molecule has 26 heavy (non-hydrogen) atoms. The van der Waals surface area contributed by atoms with Crippen molar-refractivity contribution in [3.05, 3.63) is 47.5 Å². The molecular weight excluding hydrogens is 344 g/mol. The van der Waals surface area contributed by atoms with E-state index in [1.165, 1.54) is 38.8 Å². The first-order valence-corrected chi connectivity index (χ1v) is 10.3. The first-order valence-electron chi connectivity index (χ1n) is 9.27. The highest BCUT2D eigenvalue weighted by atomic mass is 32.2. The van der Waals surface area contributed by atoms with E-state index in [1.807, 2.05) is 43.3 Å². The van der Waals surface area contributed by atoms with E-state index in [2.05, 4.69) is 20.4 Å². The van der Waals surface area contributed by atoms with Gasteiger partial charge in [-0.1, -0.05) is 30.5 Å². The minimum absolute atomic E-state index is 0.166. The second-order valence-electron chi connectivity index (χ2n) is 6.68. The molecule has 1 saturated heterocycles. The fourth-order valence-corrected chi connectivity index (χ4v) is 3.82. The van der Waals surface area contributed by atoms with Gasteiger partial charge in [0.2, 0.25) is 0 Å². The number of carbonyl (C=O) groups is 1. The van der Waals surface area contributed by atoms with Crippen LogP contribution in [0.3, 0.4) is 0 Å². The highest BCUT2D eigenvalue weighted by molar-refractivity contribution is 7.99. The first kappa shape index (κ1) is 18.9. The monoisotopic (exact) mass is 370 g/mol. The van der Waals surface area contributed by atoms with Crippen LogP contribution in [0.15, 0.2) is 41.4 Å². The number of aromatic nitrogens is 2. The van der Waals surface area contributed by atoms with Crippen molar-refractivity contribution in [2.45, 2.75) is 37.6 Å². The maximum atomic E-state index is 12.2. The van der Waals surface area contributed by atoms with Gasteiger partial charge in [-0.15, -0.1) is 22.0 Å². The van der Waals surface area contributed by atoms with E-state index >= 15 is 0 Å². The maximum Gasteiger partial charge on any atom is 0.256 e. The maximum absolute atomic E-state index is 12.2. The minimum Gasteiger partial charge on any atom is -0.305 e. The van der Waals surface area contributed by atoms with Gasteiger partial charge >= 0.3 is 0 Å². The van der Waals surface area contributed by atoms with E-state index in [0.717, 1.165) is 22.9 Å². The molecule has 1 aromatic heterocycles. The number of carbonyl (C=O) groups excluding carboxylic acids is 1. The van der Waals surface area contributed by atoms with Gasteiger partial charge in [-0.05, 0) is 57.1 Å². The zero-order valence-corrected chi connectivity index (χ0v) is 16.1. The molecule has 0 bridgehead atoms. The van der Waals surface area contributed by atoms with Crippen LogP contribution in [-0.2, 0) is 0 Å². The summed E-state index contributed by atoms with van der Waals surface area (Å²) >= 11 is 1.72. The second-order valence-corrected chi connectivity index (χ2v) is 7.80. The van der Waals surface area contributed by atoms with Gasteiger partial charge in [-0.2, -0.15) is 0 Å². The predicted molar refractivity (Wildman–Crippen MR) is 107 cm³/mol. The summed E-state index contributed by atoms with van der Waals surface area (Å²) in [6.07, 6.45) is 5.37. The smallest absolute Gasteiger partial charge is 0.256 e. The van der Waals surface area contributed by atoms with Gasteiger partial charge in [-0.25, -0.2) is 0 Å². The van der Waals surface area contributed by atoms with Crippen LogP contribution in [-0.4, -0.2) is 46.4 Å². The third-order valence-electron chi connectivity index (χ3n) is 4.55. The molecule has 3 rings (SSSR count). The summed E-state index contributed by atoms with van der Waals surface area (Å²) in [4.78, 5) is 14.7. The average molecular weight is 371 g/mol.